The Labute approximate surface area is 111 Å². The molecule has 0 radical (unpaired) electrons. The van der Waals surface area contributed by atoms with E-state index in [4.69, 9.17) is 10.8 Å². The molecular formula is C11H12F3N3O3. The highest BCUT2D eigenvalue weighted by atomic mass is 19.4. The second-order valence-electron chi connectivity index (χ2n) is 3.77. The lowest BCUT2D eigenvalue weighted by molar-refractivity contribution is -0.137. The summed E-state index contributed by atoms with van der Waals surface area (Å²) in [6.07, 6.45) is -4.71. The first-order chi connectivity index (χ1) is 9.24. The van der Waals surface area contributed by atoms with Gasteiger partial charge in [-0.25, -0.2) is 9.59 Å². The van der Waals surface area contributed by atoms with E-state index in [1.54, 1.807) is 0 Å². The first-order valence-electron chi connectivity index (χ1n) is 5.44. The number of carboxylic acids is 1. The van der Waals surface area contributed by atoms with Gasteiger partial charge in [0.05, 0.1) is 11.1 Å². The summed E-state index contributed by atoms with van der Waals surface area (Å²) in [6, 6.07) is 1.30. The minimum atomic E-state index is -4.71. The van der Waals surface area contributed by atoms with Crippen molar-refractivity contribution in [2.45, 2.75) is 6.18 Å². The molecule has 20 heavy (non-hydrogen) atoms. The Morgan fingerprint density at radius 3 is 2.40 bits per heavy atom. The summed E-state index contributed by atoms with van der Waals surface area (Å²) in [5.74, 6) is -1.53. The summed E-state index contributed by atoms with van der Waals surface area (Å²) < 4.78 is 37.8. The number of alkyl halides is 3. The molecule has 0 aromatic heterocycles. The molecule has 0 saturated heterocycles. The average molecular weight is 291 g/mol. The van der Waals surface area contributed by atoms with Crippen LogP contribution in [0, 0.1) is 0 Å². The van der Waals surface area contributed by atoms with Gasteiger partial charge >= 0.3 is 18.2 Å². The number of benzene rings is 1. The predicted molar refractivity (Wildman–Crippen MR) is 64.5 cm³/mol. The number of nitrogens with one attached hydrogen (secondary N) is 2. The van der Waals surface area contributed by atoms with Crippen LogP contribution in [0.25, 0.3) is 0 Å². The van der Waals surface area contributed by atoms with Gasteiger partial charge in [-0.3, -0.25) is 0 Å². The molecule has 9 heteroatoms. The fourth-order valence-corrected chi connectivity index (χ4v) is 1.35. The standard InChI is InChI=1S/C11H12F3N3O3/c12-11(13,14)7-3-6(9(18)19)4-8(5-7)17-10(20)16-2-1-15/h3-5H,1-2,15H2,(H,18,19)(H2,16,17,20). The number of hydrogen-bond donors (Lipinski definition) is 4. The Morgan fingerprint density at radius 2 is 1.90 bits per heavy atom. The molecule has 6 nitrogen and oxygen atoms in total. The fraction of sp³-hybridized carbons (Fsp3) is 0.273. The fourth-order valence-electron chi connectivity index (χ4n) is 1.35. The summed E-state index contributed by atoms with van der Waals surface area (Å²) in [6.45, 7) is 0.299. The summed E-state index contributed by atoms with van der Waals surface area (Å²) in [4.78, 5) is 22.1. The number of carbonyl (C=O) groups excluding carboxylic acids is 1. The molecule has 1 rings (SSSR count). The molecule has 110 valence electrons. The number of carboxylic acid groups (broad SMARTS) is 1. The Kier molecular flexibility index (Phi) is 4.92. The van der Waals surface area contributed by atoms with Crippen molar-refractivity contribution in [2.75, 3.05) is 18.4 Å². The van der Waals surface area contributed by atoms with Gasteiger partial charge in [-0.05, 0) is 18.2 Å². The van der Waals surface area contributed by atoms with Crippen LogP contribution >= 0.6 is 0 Å². The smallest absolute Gasteiger partial charge is 0.416 e. The van der Waals surface area contributed by atoms with Crippen LogP contribution in [0.2, 0.25) is 0 Å². The maximum Gasteiger partial charge on any atom is 0.416 e. The molecule has 0 bridgehead atoms. The zero-order valence-corrected chi connectivity index (χ0v) is 10.1. The van der Waals surface area contributed by atoms with Crippen molar-refractivity contribution in [3.05, 3.63) is 29.3 Å². The second kappa shape index (κ2) is 6.24. The summed E-state index contributed by atoms with van der Waals surface area (Å²) in [7, 11) is 0. The third-order valence-electron chi connectivity index (χ3n) is 2.20. The van der Waals surface area contributed by atoms with Crippen LogP contribution in [-0.2, 0) is 6.18 Å². The van der Waals surface area contributed by atoms with E-state index in [0.717, 1.165) is 6.07 Å². The van der Waals surface area contributed by atoms with Crippen molar-refractivity contribution in [2.24, 2.45) is 5.73 Å². The average Bonchev–Trinajstić information content (AvgIpc) is 2.34. The number of anilines is 1. The zero-order valence-electron chi connectivity index (χ0n) is 10.1. The van der Waals surface area contributed by atoms with E-state index < -0.39 is 29.3 Å². The van der Waals surface area contributed by atoms with Gasteiger partial charge in [-0.1, -0.05) is 0 Å². The molecule has 0 heterocycles. The number of halogens is 3. The molecule has 0 spiro atoms. The van der Waals surface area contributed by atoms with Gasteiger partial charge in [0.15, 0.2) is 0 Å². The van der Waals surface area contributed by atoms with E-state index in [2.05, 4.69) is 10.6 Å². The second-order valence-corrected chi connectivity index (χ2v) is 3.77. The maximum absolute atomic E-state index is 12.6. The molecule has 0 unspecified atom stereocenters. The van der Waals surface area contributed by atoms with E-state index in [-0.39, 0.29) is 18.8 Å². The molecule has 0 saturated carbocycles. The highest BCUT2D eigenvalue weighted by Crippen LogP contribution is 2.32. The minimum Gasteiger partial charge on any atom is -0.478 e. The number of nitrogens with two attached hydrogens (primary N) is 1. The quantitative estimate of drug-likeness (QED) is 0.674. The molecule has 0 aliphatic rings. The molecule has 5 N–H and O–H groups in total. The van der Waals surface area contributed by atoms with Crippen LogP contribution in [0.1, 0.15) is 15.9 Å². The Balaban J connectivity index is 3.04. The van der Waals surface area contributed by atoms with Crippen LogP contribution in [0.4, 0.5) is 23.7 Å². The normalized spacial score (nSPS) is 11.0. The molecular weight excluding hydrogens is 279 g/mol. The van der Waals surface area contributed by atoms with Crippen molar-refractivity contribution in [1.29, 1.82) is 0 Å². The molecule has 1 aromatic rings. The first kappa shape index (κ1) is 15.8. The molecule has 0 fully saturated rings. The van der Waals surface area contributed by atoms with Gasteiger partial charge in [0.1, 0.15) is 0 Å². The van der Waals surface area contributed by atoms with Crippen LogP contribution in [-0.4, -0.2) is 30.2 Å². The van der Waals surface area contributed by atoms with Crippen molar-refractivity contribution in [3.63, 3.8) is 0 Å². The molecule has 0 aliphatic heterocycles. The number of rotatable bonds is 4. The van der Waals surface area contributed by atoms with Crippen molar-refractivity contribution < 1.29 is 27.9 Å². The van der Waals surface area contributed by atoms with E-state index in [9.17, 15) is 22.8 Å². The van der Waals surface area contributed by atoms with Crippen molar-refractivity contribution in [1.82, 2.24) is 5.32 Å². The monoisotopic (exact) mass is 291 g/mol. The lowest BCUT2D eigenvalue weighted by Gasteiger charge is -2.12. The summed E-state index contributed by atoms with van der Waals surface area (Å²) in [5, 5.41) is 13.2. The van der Waals surface area contributed by atoms with Crippen molar-refractivity contribution in [3.8, 4) is 0 Å². The van der Waals surface area contributed by atoms with Crippen LogP contribution in [0.15, 0.2) is 18.2 Å². The first-order valence-corrected chi connectivity index (χ1v) is 5.44. The largest absolute Gasteiger partial charge is 0.478 e. The van der Waals surface area contributed by atoms with E-state index in [0.29, 0.717) is 12.1 Å². The van der Waals surface area contributed by atoms with Crippen LogP contribution in [0.3, 0.4) is 0 Å². The van der Waals surface area contributed by atoms with E-state index in [1.165, 1.54) is 0 Å². The summed E-state index contributed by atoms with van der Waals surface area (Å²) >= 11 is 0. The summed E-state index contributed by atoms with van der Waals surface area (Å²) in [5.41, 5.74) is 3.14. The van der Waals surface area contributed by atoms with Crippen LogP contribution < -0.4 is 16.4 Å². The lowest BCUT2D eigenvalue weighted by Crippen LogP contribution is -2.33. The number of carbonyl (C=O) groups is 2. The van der Waals surface area contributed by atoms with Gasteiger partial charge < -0.3 is 21.5 Å². The van der Waals surface area contributed by atoms with Gasteiger partial charge in [0.25, 0.3) is 0 Å². The highest BCUT2D eigenvalue weighted by molar-refractivity contribution is 5.93. The molecule has 0 aliphatic carbocycles. The Hall–Kier alpha value is -2.29. The molecule has 1 aromatic carbocycles. The lowest BCUT2D eigenvalue weighted by atomic mass is 10.1. The van der Waals surface area contributed by atoms with Gasteiger partial charge in [-0.15, -0.1) is 0 Å². The number of aromatic carboxylic acids is 1. The third kappa shape index (κ3) is 4.43. The minimum absolute atomic E-state index is 0.135. The maximum atomic E-state index is 12.6. The third-order valence-corrected chi connectivity index (χ3v) is 2.20. The number of amides is 2. The topological polar surface area (TPSA) is 104 Å². The van der Waals surface area contributed by atoms with Crippen molar-refractivity contribution >= 4 is 17.7 Å². The predicted octanol–water partition coefficient (Wildman–Crippen LogP) is 1.48. The van der Waals surface area contributed by atoms with Crippen LogP contribution in [0.5, 0.6) is 0 Å². The highest BCUT2D eigenvalue weighted by Gasteiger charge is 2.32. The van der Waals surface area contributed by atoms with Gasteiger partial charge in [0.2, 0.25) is 0 Å². The number of hydrogen-bond acceptors (Lipinski definition) is 3. The molecule has 2 amide bonds. The Morgan fingerprint density at radius 1 is 1.25 bits per heavy atom. The van der Waals surface area contributed by atoms with E-state index in [1.807, 2.05) is 0 Å². The Bertz CT molecular complexity index is 517. The van der Waals surface area contributed by atoms with E-state index >= 15 is 0 Å². The van der Waals surface area contributed by atoms with Gasteiger partial charge in [0, 0.05) is 18.8 Å². The zero-order chi connectivity index (χ0) is 15.3. The van der Waals surface area contributed by atoms with Gasteiger partial charge in [-0.2, -0.15) is 13.2 Å². The SMILES string of the molecule is NCCNC(=O)Nc1cc(C(=O)O)cc(C(F)(F)F)c1. The molecule has 0 atom stereocenters. The number of urea groups is 1.